The monoisotopic (exact) mass is 277 g/mol. The second-order valence-electron chi connectivity index (χ2n) is 6.17. The molecule has 1 aliphatic rings. The fraction of sp³-hybridized carbons (Fsp3) is 0.667. The molecule has 0 radical (unpaired) electrons. The molecule has 1 aromatic carbocycles. The summed E-state index contributed by atoms with van der Waals surface area (Å²) >= 11 is 0. The van der Waals surface area contributed by atoms with Crippen LogP contribution in [-0.4, -0.2) is 12.6 Å². The lowest BCUT2D eigenvalue weighted by molar-refractivity contribution is 0.313. The van der Waals surface area contributed by atoms with Crippen LogP contribution in [0.5, 0.6) is 0 Å². The molecule has 1 unspecified atom stereocenters. The van der Waals surface area contributed by atoms with Gasteiger partial charge in [0, 0.05) is 6.04 Å². The van der Waals surface area contributed by atoms with E-state index in [9.17, 15) is 4.39 Å². The standard InChI is InChI=1S/C18H28FN/c1-2-20-18(12-11-15-7-4-3-5-8-15)14-16-9-6-10-17(19)13-16/h6,9-10,13,15,18,20H,2-5,7-8,11-12,14H2,1H3. The lowest BCUT2D eigenvalue weighted by Gasteiger charge is -2.25. The van der Waals surface area contributed by atoms with Crippen molar-refractivity contribution >= 4 is 0 Å². The molecule has 0 aromatic heterocycles. The van der Waals surface area contributed by atoms with E-state index in [4.69, 9.17) is 0 Å². The summed E-state index contributed by atoms with van der Waals surface area (Å²) in [5.74, 6) is 0.808. The van der Waals surface area contributed by atoms with Crippen molar-refractivity contribution in [2.24, 2.45) is 5.92 Å². The third-order valence-corrected chi connectivity index (χ3v) is 4.51. The van der Waals surface area contributed by atoms with Crippen LogP contribution in [0.4, 0.5) is 4.39 Å². The van der Waals surface area contributed by atoms with E-state index in [1.807, 2.05) is 12.1 Å². The lowest BCUT2D eigenvalue weighted by atomic mass is 9.84. The topological polar surface area (TPSA) is 12.0 Å². The van der Waals surface area contributed by atoms with Crippen LogP contribution in [-0.2, 0) is 6.42 Å². The summed E-state index contributed by atoms with van der Waals surface area (Å²) in [6.45, 7) is 3.14. The van der Waals surface area contributed by atoms with Gasteiger partial charge in [0.15, 0.2) is 0 Å². The first kappa shape index (κ1) is 15.5. The molecular formula is C18H28FN. The molecule has 0 bridgehead atoms. The third-order valence-electron chi connectivity index (χ3n) is 4.51. The molecule has 1 fully saturated rings. The van der Waals surface area contributed by atoms with Crippen LogP contribution < -0.4 is 5.32 Å². The zero-order valence-electron chi connectivity index (χ0n) is 12.7. The zero-order chi connectivity index (χ0) is 14.2. The maximum absolute atomic E-state index is 13.3. The molecular weight excluding hydrogens is 249 g/mol. The highest BCUT2D eigenvalue weighted by Gasteiger charge is 2.16. The number of rotatable bonds is 7. The van der Waals surface area contributed by atoms with Gasteiger partial charge < -0.3 is 5.32 Å². The van der Waals surface area contributed by atoms with Gasteiger partial charge in [0.25, 0.3) is 0 Å². The first-order chi connectivity index (χ1) is 9.78. The molecule has 20 heavy (non-hydrogen) atoms. The van der Waals surface area contributed by atoms with Crippen molar-refractivity contribution in [1.82, 2.24) is 5.32 Å². The highest BCUT2D eigenvalue weighted by molar-refractivity contribution is 5.17. The Morgan fingerprint density at radius 2 is 2.05 bits per heavy atom. The molecule has 0 amide bonds. The van der Waals surface area contributed by atoms with E-state index in [2.05, 4.69) is 12.2 Å². The van der Waals surface area contributed by atoms with Crippen molar-refractivity contribution < 1.29 is 4.39 Å². The van der Waals surface area contributed by atoms with Gasteiger partial charge in [-0.3, -0.25) is 0 Å². The molecule has 1 nitrogen and oxygen atoms in total. The van der Waals surface area contributed by atoms with Gasteiger partial charge in [-0.2, -0.15) is 0 Å². The average molecular weight is 277 g/mol. The molecule has 1 aromatic rings. The number of benzene rings is 1. The predicted octanol–water partition coefficient (Wildman–Crippen LogP) is 4.71. The minimum atomic E-state index is -0.120. The normalized spacial score (nSPS) is 18.1. The molecule has 0 spiro atoms. The quantitative estimate of drug-likeness (QED) is 0.761. The van der Waals surface area contributed by atoms with E-state index in [0.717, 1.165) is 24.4 Å². The Hall–Kier alpha value is -0.890. The van der Waals surface area contributed by atoms with Gasteiger partial charge in [-0.1, -0.05) is 51.2 Å². The number of likely N-dealkylation sites (N-methyl/N-ethyl adjacent to an activating group) is 1. The Bertz CT molecular complexity index is 385. The summed E-state index contributed by atoms with van der Waals surface area (Å²) in [5.41, 5.74) is 1.11. The van der Waals surface area contributed by atoms with Crippen LogP contribution in [0.25, 0.3) is 0 Å². The fourth-order valence-electron chi connectivity index (χ4n) is 3.43. The number of nitrogens with one attached hydrogen (secondary N) is 1. The van der Waals surface area contributed by atoms with E-state index < -0.39 is 0 Å². The third kappa shape index (κ3) is 5.24. The lowest BCUT2D eigenvalue weighted by Crippen LogP contribution is -2.31. The van der Waals surface area contributed by atoms with Gasteiger partial charge in [-0.25, -0.2) is 4.39 Å². The Balaban J connectivity index is 1.82. The predicted molar refractivity (Wildman–Crippen MR) is 83.4 cm³/mol. The van der Waals surface area contributed by atoms with Crippen LogP contribution in [0.15, 0.2) is 24.3 Å². The number of hydrogen-bond donors (Lipinski definition) is 1. The average Bonchev–Trinajstić information content (AvgIpc) is 2.46. The Morgan fingerprint density at radius 1 is 1.25 bits per heavy atom. The number of halogens is 1. The van der Waals surface area contributed by atoms with Gasteiger partial charge in [0.2, 0.25) is 0 Å². The summed E-state index contributed by atoms with van der Waals surface area (Å²) in [5, 5.41) is 3.57. The minimum Gasteiger partial charge on any atom is -0.314 e. The van der Waals surface area contributed by atoms with Gasteiger partial charge >= 0.3 is 0 Å². The molecule has 112 valence electrons. The van der Waals surface area contributed by atoms with E-state index in [1.165, 1.54) is 51.0 Å². The maximum Gasteiger partial charge on any atom is 0.123 e. The molecule has 0 aliphatic heterocycles. The fourth-order valence-corrected chi connectivity index (χ4v) is 3.43. The molecule has 2 heteroatoms. The van der Waals surface area contributed by atoms with Crippen LogP contribution >= 0.6 is 0 Å². The summed E-state index contributed by atoms with van der Waals surface area (Å²) in [7, 11) is 0. The molecule has 1 aliphatic carbocycles. The van der Waals surface area contributed by atoms with Crippen molar-refractivity contribution in [3.63, 3.8) is 0 Å². The van der Waals surface area contributed by atoms with Gasteiger partial charge in [0.05, 0.1) is 0 Å². The number of hydrogen-bond acceptors (Lipinski definition) is 1. The van der Waals surface area contributed by atoms with Crippen LogP contribution in [0.3, 0.4) is 0 Å². The summed E-state index contributed by atoms with van der Waals surface area (Å²) < 4.78 is 13.3. The maximum atomic E-state index is 13.3. The molecule has 1 N–H and O–H groups in total. The largest absolute Gasteiger partial charge is 0.314 e. The zero-order valence-corrected chi connectivity index (χ0v) is 12.7. The van der Waals surface area contributed by atoms with E-state index in [1.54, 1.807) is 6.07 Å². The Labute approximate surface area is 123 Å². The van der Waals surface area contributed by atoms with E-state index in [-0.39, 0.29) is 5.82 Å². The van der Waals surface area contributed by atoms with Crippen molar-refractivity contribution in [3.05, 3.63) is 35.6 Å². The van der Waals surface area contributed by atoms with Crippen LogP contribution in [0.2, 0.25) is 0 Å². The Morgan fingerprint density at radius 3 is 2.75 bits per heavy atom. The van der Waals surface area contributed by atoms with Crippen LogP contribution in [0, 0.1) is 11.7 Å². The van der Waals surface area contributed by atoms with Crippen LogP contribution in [0.1, 0.15) is 57.4 Å². The summed E-state index contributed by atoms with van der Waals surface area (Å²) in [4.78, 5) is 0. The first-order valence-corrected chi connectivity index (χ1v) is 8.25. The van der Waals surface area contributed by atoms with Gasteiger partial charge in [-0.05, 0) is 49.4 Å². The first-order valence-electron chi connectivity index (χ1n) is 8.25. The summed E-state index contributed by atoms with van der Waals surface area (Å²) in [6.07, 6.45) is 10.6. The van der Waals surface area contributed by atoms with Crippen molar-refractivity contribution in [2.75, 3.05) is 6.54 Å². The second-order valence-corrected chi connectivity index (χ2v) is 6.17. The van der Waals surface area contributed by atoms with Gasteiger partial charge in [0.1, 0.15) is 5.82 Å². The molecule has 0 saturated heterocycles. The molecule has 0 heterocycles. The van der Waals surface area contributed by atoms with E-state index in [0.29, 0.717) is 6.04 Å². The van der Waals surface area contributed by atoms with E-state index >= 15 is 0 Å². The van der Waals surface area contributed by atoms with Gasteiger partial charge in [-0.15, -0.1) is 0 Å². The Kier molecular flexibility index (Phi) is 6.52. The second kappa shape index (κ2) is 8.41. The smallest absolute Gasteiger partial charge is 0.123 e. The van der Waals surface area contributed by atoms with Crippen molar-refractivity contribution in [1.29, 1.82) is 0 Å². The highest BCUT2D eigenvalue weighted by Crippen LogP contribution is 2.28. The minimum absolute atomic E-state index is 0.120. The molecule has 1 saturated carbocycles. The molecule has 1 atom stereocenters. The van der Waals surface area contributed by atoms with Crippen molar-refractivity contribution in [3.8, 4) is 0 Å². The molecule has 2 rings (SSSR count). The van der Waals surface area contributed by atoms with Crippen molar-refractivity contribution in [2.45, 2.75) is 64.3 Å². The highest BCUT2D eigenvalue weighted by atomic mass is 19.1. The SMILES string of the molecule is CCNC(CCC1CCCCC1)Cc1cccc(F)c1. The summed E-state index contributed by atoms with van der Waals surface area (Å²) in [6, 6.07) is 7.53.